The van der Waals surface area contributed by atoms with E-state index in [0.29, 0.717) is 18.9 Å². The Morgan fingerprint density at radius 3 is 2.65 bits per heavy atom. The zero-order valence-electron chi connectivity index (χ0n) is 12.8. The van der Waals surface area contributed by atoms with E-state index in [4.69, 9.17) is 4.42 Å². The number of fused-ring (bicyclic) bond motifs is 1. The molecule has 0 aliphatic rings. The Morgan fingerprint density at radius 2 is 1.87 bits per heavy atom. The maximum atomic E-state index is 12.1. The first-order valence-corrected chi connectivity index (χ1v) is 9.04. The lowest BCUT2D eigenvalue weighted by Crippen LogP contribution is -2.27. The molecule has 3 aromatic rings. The second kappa shape index (κ2) is 6.52. The van der Waals surface area contributed by atoms with Crippen LogP contribution in [-0.2, 0) is 22.2 Å². The third-order valence-electron chi connectivity index (χ3n) is 3.49. The van der Waals surface area contributed by atoms with Crippen molar-refractivity contribution in [2.45, 2.75) is 19.1 Å². The number of hydrogen-bond acceptors (Lipinski definition) is 4. The second-order valence-electron chi connectivity index (χ2n) is 5.42. The van der Waals surface area contributed by atoms with Gasteiger partial charge < -0.3 is 4.42 Å². The summed E-state index contributed by atoms with van der Waals surface area (Å²) in [5.41, 5.74) is 3.34. The van der Waals surface area contributed by atoms with Crippen LogP contribution in [0.2, 0.25) is 0 Å². The molecule has 1 N–H and O–H groups in total. The van der Waals surface area contributed by atoms with E-state index in [1.165, 1.54) is 0 Å². The van der Waals surface area contributed by atoms with E-state index in [9.17, 15) is 8.42 Å². The summed E-state index contributed by atoms with van der Waals surface area (Å²) >= 11 is 0. The number of rotatable bonds is 6. The average Bonchev–Trinajstić information content (AvgIpc) is 2.87. The molecular formula is C17H18N2O3S. The lowest BCUT2D eigenvalue weighted by Gasteiger charge is -2.07. The van der Waals surface area contributed by atoms with Gasteiger partial charge in [-0.2, -0.15) is 0 Å². The molecule has 23 heavy (non-hydrogen) atoms. The maximum absolute atomic E-state index is 12.1. The van der Waals surface area contributed by atoms with E-state index in [2.05, 4.69) is 9.71 Å². The fourth-order valence-electron chi connectivity index (χ4n) is 2.44. The van der Waals surface area contributed by atoms with Crippen molar-refractivity contribution in [2.24, 2.45) is 0 Å². The van der Waals surface area contributed by atoms with Gasteiger partial charge in [0.15, 0.2) is 11.5 Å². The van der Waals surface area contributed by atoms with Crippen molar-refractivity contribution in [2.75, 3.05) is 6.54 Å². The molecule has 5 nitrogen and oxygen atoms in total. The minimum Gasteiger partial charge on any atom is -0.441 e. The first kappa shape index (κ1) is 15.7. The van der Waals surface area contributed by atoms with Gasteiger partial charge in [0.2, 0.25) is 10.0 Å². The van der Waals surface area contributed by atoms with E-state index in [0.717, 1.165) is 22.2 Å². The molecule has 0 spiro atoms. The number of sulfonamides is 1. The summed E-state index contributed by atoms with van der Waals surface area (Å²) in [5.74, 6) is 0.621. The molecule has 6 heteroatoms. The first-order valence-electron chi connectivity index (χ1n) is 7.39. The summed E-state index contributed by atoms with van der Waals surface area (Å²) in [6, 6.07) is 14.9. The summed E-state index contributed by atoms with van der Waals surface area (Å²) in [5, 5.41) is 0. The Labute approximate surface area is 135 Å². The molecule has 0 aliphatic heterocycles. The first-order chi connectivity index (χ1) is 11.0. The number of aromatic nitrogens is 1. The van der Waals surface area contributed by atoms with Gasteiger partial charge in [0.1, 0.15) is 5.52 Å². The number of nitrogens with one attached hydrogen (secondary N) is 1. The third-order valence-corrected chi connectivity index (χ3v) is 4.85. The van der Waals surface area contributed by atoms with Crippen molar-refractivity contribution in [3.8, 4) is 0 Å². The van der Waals surface area contributed by atoms with Gasteiger partial charge in [-0.3, -0.25) is 0 Å². The molecule has 2 aromatic carbocycles. The van der Waals surface area contributed by atoms with Crippen molar-refractivity contribution < 1.29 is 12.8 Å². The van der Waals surface area contributed by atoms with Crippen LogP contribution in [0.3, 0.4) is 0 Å². The molecule has 0 saturated carbocycles. The number of oxazole rings is 1. The molecule has 0 atom stereocenters. The fraction of sp³-hybridized carbons (Fsp3) is 0.235. The zero-order valence-corrected chi connectivity index (χ0v) is 13.6. The molecule has 0 fully saturated rings. The highest BCUT2D eigenvalue weighted by atomic mass is 32.2. The Hall–Kier alpha value is -2.18. The van der Waals surface area contributed by atoms with Gasteiger partial charge in [-0.05, 0) is 29.7 Å². The van der Waals surface area contributed by atoms with Crippen LogP contribution in [-0.4, -0.2) is 19.9 Å². The van der Waals surface area contributed by atoms with Crippen LogP contribution in [0.4, 0.5) is 0 Å². The highest BCUT2D eigenvalue weighted by molar-refractivity contribution is 7.88. The highest BCUT2D eigenvalue weighted by Gasteiger charge is 2.11. The molecule has 0 radical (unpaired) electrons. The molecule has 0 amide bonds. The molecule has 0 bridgehead atoms. The Balaban J connectivity index is 1.59. The van der Waals surface area contributed by atoms with Crippen molar-refractivity contribution in [1.82, 2.24) is 9.71 Å². The van der Waals surface area contributed by atoms with Gasteiger partial charge >= 0.3 is 0 Å². The summed E-state index contributed by atoms with van der Waals surface area (Å²) in [7, 11) is -3.33. The predicted molar refractivity (Wildman–Crippen MR) is 89.5 cm³/mol. The van der Waals surface area contributed by atoms with E-state index >= 15 is 0 Å². The van der Waals surface area contributed by atoms with Crippen LogP contribution in [0, 0.1) is 6.92 Å². The number of nitrogens with zero attached hydrogens (tertiary/aromatic N) is 1. The van der Waals surface area contributed by atoms with Gasteiger partial charge in [-0.1, -0.05) is 36.4 Å². The van der Waals surface area contributed by atoms with Crippen LogP contribution in [0.1, 0.15) is 17.0 Å². The second-order valence-corrected chi connectivity index (χ2v) is 7.23. The summed E-state index contributed by atoms with van der Waals surface area (Å²) in [6.45, 7) is 2.16. The topological polar surface area (TPSA) is 72.2 Å². The van der Waals surface area contributed by atoms with Gasteiger partial charge in [-0.25, -0.2) is 18.1 Å². The predicted octanol–water partition coefficient (Wildman–Crippen LogP) is 2.80. The Kier molecular flexibility index (Phi) is 4.45. The molecule has 1 heterocycles. The van der Waals surface area contributed by atoms with Crippen molar-refractivity contribution >= 4 is 21.1 Å². The average molecular weight is 330 g/mol. The van der Waals surface area contributed by atoms with E-state index in [-0.39, 0.29) is 5.75 Å². The molecule has 0 aliphatic carbocycles. The van der Waals surface area contributed by atoms with Crippen molar-refractivity contribution in [1.29, 1.82) is 0 Å². The van der Waals surface area contributed by atoms with Gasteiger partial charge in [0.25, 0.3) is 0 Å². The third kappa shape index (κ3) is 4.18. The Morgan fingerprint density at radius 1 is 1.09 bits per heavy atom. The molecule has 120 valence electrons. The molecule has 0 saturated heterocycles. The number of benzene rings is 2. The Bertz CT molecular complexity index is 902. The summed E-state index contributed by atoms with van der Waals surface area (Å²) < 4.78 is 32.2. The SMILES string of the molecule is Cc1nc2cc(CCNS(=O)(=O)Cc3ccccc3)ccc2o1. The maximum Gasteiger partial charge on any atom is 0.215 e. The molecule has 1 aromatic heterocycles. The quantitative estimate of drug-likeness (QED) is 0.754. The van der Waals surface area contributed by atoms with Gasteiger partial charge in [0.05, 0.1) is 5.75 Å². The smallest absolute Gasteiger partial charge is 0.215 e. The van der Waals surface area contributed by atoms with E-state index < -0.39 is 10.0 Å². The largest absolute Gasteiger partial charge is 0.441 e. The van der Waals surface area contributed by atoms with E-state index in [1.54, 1.807) is 19.1 Å². The summed E-state index contributed by atoms with van der Waals surface area (Å²) in [4.78, 5) is 4.28. The van der Waals surface area contributed by atoms with Crippen LogP contribution in [0.5, 0.6) is 0 Å². The van der Waals surface area contributed by atoms with Crippen LogP contribution >= 0.6 is 0 Å². The lowest BCUT2D eigenvalue weighted by molar-refractivity contribution is 0.561. The zero-order chi connectivity index (χ0) is 16.3. The highest BCUT2D eigenvalue weighted by Crippen LogP contribution is 2.17. The van der Waals surface area contributed by atoms with Crippen molar-refractivity contribution in [3.05, 3.63) is 65.5 Å². The fourth-order valence-corrected chi connectivity index (χ4v) is 3.59. The molecular weight excluding hydrogens is 312 g/mol. The standard InChI is InChI=1S/C17H18N2O3S/c1-13-19-16-11-14(7-8-17(16)22-13)9-10-18-23(20,21)12-15-5-3-2-4-6-15/h2-8,11,18H,9-10,12H2,1H3. The van der Waals surface area contributed by atoms with Crippen molar-refractivity contribution in [3.63, 3.8) is 0 Å². The normalized spacial score (nSPS) is 11.9. The lowest BCUT2D eigenvalue weighted by atomic mass is 10.1. The number of hydrogen-bond donors (Lipinski definition) is 1. The number of aryl methyl sites for hydroxylation is 1. The van der Waals surface area contributed by atoms with Gasteiger partial charge in [-0.15, -0.1) is 0 Å². The van der Waals surface area contributed by atoms with Crippen LogP contribution in [0.25, 0.3) is 11.1 Å². The van der Waals surface area contributed by atoms with Crippen LogP contribution < -0.4 is 4.72 Å². The molecule has 0 unspecified atom stereocenters. The van der Waals surface area contributed by atoms with Gasteiger partial charge in [0, 0.05) is 13.5 Å². The minimum atomic E-state index is -3.33. The minimum absolute atomic E-state index is 0.00461. The van der Waals surface area contributed by atoms with E-state index in [1.807, 2.05) is 36.4 Å². The molecule has 3 rings (SSSR count). The summed E-state index contributed by atoms with van der Waals surface area (Å²) in [6.07, 6.45) is 0.607. The monoisotopic (exact) mass is 330 g/mol. The van der Waals surface area contributed by atoms with Crippen LogP contribution in [0.15, 0.2) is 52.9 Å².